The number of rotatable bonds is 7. The van der Waals surface area contributed by atoms with Crippen LogP contribution in [-0.2, 0) is 6.42 Å². The molecular weight excluding hydrogens is 480 g/mol. The topological polar surface area (TPSA) is 98.3 Å². The number of para-hydroxylation sites is 1. The van der Waals surface area contributed by atoms with Crippen LogP contribution in [0.2, 0.25) is 5.02 Å². The van der Waals surface area contributed by atoms with Crippen molar-refractivity contribution < 1.29 is 9.72 Å². The van der Waals surface area contributed by atoms with E-state index in [1.54, 1.807) is 29.8 Å². The molecule has 1 atom stereocenters. The molecule has 0 spiro atoms. The predicted molar refractivity (Wildman–Crippen MR) is 140 cm³/mol. The molecule has 0 radical (unpaired) electrons. The summed E-state index contributed by atoms with van der Waals surface area (Å²) in [5.74, 6) is -0.0173. The van der Waals surface area contributed by atoms with Crippen LogP contribution in [0.25, 0.3) is 16.6 Å². The fourth-order valence-electron chi connectivity index (χ4n) is 4.26. The molecule has 1 aromatic heterocycles. The number of non-ortho nitro benzene ring substituents is 1. The van der Waals surface area contributed by atoms with E-state index in [0.717, 1.165) is 18.1 Å². The van der Waals surface area contributed by atoms with Crippen molar-refractivity contribution in [3.05, 3.63) is 109 Å². The van der Waals surface area contributed by atoms with Crippen molar-refractivity contribution in [2.24, 2.45) is 0 Å². The van der Waals surface area contributed by atoms with Gasteiger partial charge in [-0.2, -0.15) is 0 Å². The third kappa shape index (κ3) is 4.59. The lowest BCUT2D eigenvalue weighted by molar-refractivity contribution is -0.384. The van der Waals surface area contributed by atoms with Crippen LogP contribution in [-0.4, -0.2) is 32.3 Å². The van der Waals surface area contributed by atoms with Crippen molar-refractivity contribution in [3.63, 3.8) is 0 Å². The first-order valence-electron chi connectivity index (χ1n) is 11.6. The molecule has 36 heavy (non-hydrogen) atoms. The summed E-state index contributed by atoms with van der Waals surface area (Å²) in [6.45, 7) is 3.96. The normalized spacial score (nSPS) is 11.9. The minimum absolute atomic E-state index is 0.0186. The van der Waals surface area contributed by atoms with E-state index in [1.165, 1.54) is 17.0 Å². The number of aromatic nitrogens is 2. The Labute approximate surface area is 212 Å². The summed E-state index contributed by atoms with van der Waals surface area (Å²) in [5, 5.41) is 11.5. The third-order valence-corrected chi connectivity index (χ3v) is 6.58. The number of nitro benzene ring substituents is 1. The van der Waals surface area contributed by atoms with E-state index in [-0.39, 0.29) is 21.8 Å². The Morgan fingerprint density at radius 2 is 1.81 bits per heavy atom. The summed E-state index contributed by atoms with van der Waals surface area (Å²) in [6.07, 6.45) is 1.33. The standard InChI is InChI=1S/C27H25ClN4O4/c1-4-17-10-12-18(13-11-17)31-25(29-23-9-7-6-8-21(23)27(31)34)24(5-2)30(3)26(33)20-15-14-19(32(35)36)16-22(20)28/h6-16,24H,4-5H2,1-3H3. The quantitative estimate of drug-likeness (QED) is 0.236. The van der Waals surface area contributed by atoms with Gasteiger partial charge in [0.05, 0.1) is 38.1 Å². The number of aryl methyl sites for hydroxylation is 1. The summed E-state index contributed by atoms with van der Waals surface area (Å²) < 4.78 is 1.55. The van der Waals surface area contributed by atoms with Crippen molar-refractivity contribution in [2.75, 3.05) is 7.05 Å². The summed E-state index contributed by atoms with van der Waals surface area (Å²) in [5.41, 5.74) is 2.02. The Kier molecular flexibility index (Phi) is 7.17. The van der Waals surface area contributed by atoms with Gasteiger partial charge in [-0.3, -0.25) is 24.3 Å². The van der Waals surface area contributed by atoms with Gasteiger partial charge in [0.15, 0.2) is 0 Å². The van der Waals surface area contributed by atoms with Gasteiger partial charge in [0.2, 0.25) is 0 Å². The molecule has 4 aromatic rings. The van der Waals surface area contributed by atoms with Crippen LogP contribution < -0.4 is 5.56 Å². The number of halogens is 1. The Morgan fingerprint density at radius 3 is 2.42 bits per heavy atom. The Bertz CT molecular complexity index is 1510. The van der Waals surface area contributed by atoms with Gasteiger partial charge < -0.3 is 4.90 Å². The second kappa shape index (κ2) is 10.3. The van der Waals surface area contributed by atoms with Crippen molar-refractivity contribution in [1.82, 2.24) is 14.5 Å². The van der Waals surface area contributed by atoms with Crippen molar-refractivity contribution >= 4 is 34.1 Å². The summed E-state index contributed by atoms with van der Waals surface area (Å²) in [6, 6.07) is 18.0. The van der Waals surface area contributed by atoms with Gasteiger partial charge >= 0.3 is 0 Å². The second-order valence-electron chi connectivity index (χ2n) is 8.41. The van der Waals surface area contributed by atoms with Gasteiger partial charge in [0.25, 0.3) is 17.2 Å². The zero-order valence-electron chi connectivity index (χ0n) is 20.1. The highest BCUT2D eigenvalue weighted by Crippen LogP contribution is 2.29. The van der Waals surface area contributed by atoms with Crippen molar-refractivity contribution in [1.29, 1.82) is 0 Å². The molecule has 1 unspecified atom stereocenters. The summed E-state index contributed by atoms with van der Waals surface area (Å²) in [4.78, 5) is 43.9. The first-order chi connectivity index (χ1) is 17.3. The molecule has 0 fully saturated rings. The molecule has 9 heteroatoms. The fourth-order valence-corrected chi connectivity index (χ4v) is 4.51. The van der Waals surface area contributed by atoms with E-state index in [2.05, 4.69) is 6.92 Å². The van der Waals surface area contributed by atoms with Crippen LogP contribution in [0, 0.1) is 10.1 Å². The van der Waals surface area contributed by atoms with E-state index >= 15 is 0 Å². The van der Waals surface area contributed by atoms with Gasteiger partial charge in [-0.1, -0.05) is 49.7 Å². The Morgan fingerprint density at radius 1 is 1.11 bits per heavy atom. The SMILES string of the molecule is CCc1ccc(-n2c(C(CC)N(C)C(=O)c3ccc([N+](=O)[O-])cc3Cl)nc3ccccc3c2=O)cc1. The average Bonchev–Trinajstić information content (AvgIpc) is 2.89. The molecule has 3 aromatic carbocycles. The lowest BCUT2D eigenvalue weighted by Gasteiger charge is -2.29. The van der Waals surface area contributed by atoms with Gasteiger partial charge in [0, 0.05) is 19.2 Å². The molecule has 0 bridgehead atoms. The second-order valence-corrected chi connectivity index (χ2v) is 8.82. The van der Waals surface area contributed by atoms with Gasteiger partial charge in [-0.05, 0) is 48.7 Å². The smallest absolute Gasteiger partial charge is 0.270 e. The molecule has 1 heterocycles. The number of amides is 1. The van der Waals surface area contributed by atoms with E-state index in [1.807, 2.05) is 37.3 Å². The maximum absolute atomic E-state index is 13.7. The first kappa shape index (κ1) is 25.1. The highest BCUT2D eigenvalue weighted by Gasteiger charge is 2.28. The zero-order valence-corrected chi connectivity index (χ0v) is 20.9. The summed E-state index contributed by atoms with van der Waals surface area (Å²) >= 11 is 6.24. The van der Waals surface area contributed by atoms with Crippen LogP contribution in [0.4, 0.5) is 5.69 Å². The number of benzene rings is 3. The lowest BCUT2D eigenvalue weighted by Crippen LogP contribution is -2.36. The number of fused-ring (bicyclic) bond motifs is 1. The number of carbonyl (C=O) groups is 1. The van der Waals surface area contributed by atoms with E-state index < -0.39 is 16.9 Å². The molecule has 184 valence electrons. The fraction of sp³-hybridized carbons (Fsp3) is 0.222. The largest absolute Gasteiger partial charge is 0.331 e. The molecule has 0 aliphatic carbocycles. The Balaban J connectivity index is 1.86. The monoisotopic (exact) mass is 504 g/mol. The molecule has 0 aliphatic heterocycles. The highest BCUT2D eigenvalue weighted by molar-refractivity contribution is 6.34. The number of carbonyl (C=O) groups excluding carboxylic acids is 1. The zero-order chi connectivity index (χ0) is 26.0. The molecular formula is C27H25ClN4O4. The number of hydrogen-bond acceptors (Lipinski definition) is 5. The van der Waals surface area contributed by atoms with Gasteiger partial charge in [-0.25, -0.2) is 4.98 Å². The Hall–Kier alpha value is -4.04. The molecule has 8 nitrogen and oxygen atoms in total. The van der Waals surface area contributed by atoms with E-state index in [0.29, 0.717) is 28.8 Å². The minimum Gasteiger partial charge on any atom is -0.331 e. The summed E-state index contributed by atoms with van der Waals surface area (Å²) in [7, 11) is 1.61. The van der Waals surface area contributed by atoms with E-state index in [4.69, 9.17) is 16.6 Å². The lowest BCUT2D eigenvalue weighted by atomic mass is 10.1. The van der Waals surface area contributed by atoms with Crippen LogP contribution in [0.15, 0.2) is 71.5 Å². The third-order valence-electron chi connectivity index (χ3n) is 6.27. The molecule has 1 amide bonds. The van der Waals surface area contributed by atoms with E-state index in [9.17, 15) is 19.7 Å². The van der Waals surface area contributed by atoms with Crippen LogP contribution in [0.1, 0.15) is 48.1 Å². The van der Waals surface area contributed by atoms with Crippen LogP contribution >= 0.6 is 11.6 Å². The maximum Gasteiger partial charge on any atom is 0.270 e. The molecule has 4 rings (SSSR count). The molecule has 0 saturated heterocycles. The van der Waals surface area contributed by atoms with Crippen molar-refractivity contribution in [2.45, 2.75) is 32.7 Å². The number of nitro groups is 1. The van der Waals surface area contributed by atoms with Crippen LogP contribution in [0.3, 0.4) is 0 Å². The first-order valence-corrected chi connectivity index (χ1v) is 12.0. The van der Waals surface area contributed by atoms with Crippen molar-refractivity contribution in [3.8, 4) is 5.69 Å². The average molecular weight is 505 g/mol. The van der Waals surface area contributed by atoms with Gasteiger partial charge in [-0.15, -0.1) is 0 Å². The maximum atomic E-state index is 13.7. The molecule has 0 saturated carbocycles. The predicted octanol–water partition coefficient (Wildman–Crippen LogP) is 5.73. The minimum atomic E-state index is -0.577. The number of hydrogen-bond donors (Lipinski definition) is 0. The van der Waals surface area contributed by atoms with Gasteiger partial charge in [0.1, 0.15) is 5.82 Å². The molecule has 0 aliphatic rings. The molecule has 0 N–H and O–H groups in total. The number of nitrogens with zero attached hydrogens (tertiary/aromatic N) is 4. The van der Waals surface area contributed by atoms with Crippen LogP contribution in [0.5, 0.6) is 0 Å². The highest BCUT2D eigenvalue weighted by atomic mass is 35.5.